The van der Waals surface area contributed by atoms with Gasteiger partial charge in [0.25, 0.3) is 5.56 Å². The minimum absolute atomic E-state index is 0.0504. The summed E-state index contributed by atoms with van der Waals surface area (Å²) in [5.41, 5.74) is 4.21. The molecule has 4 rings (SSSR count). The van der Waals surface area contributed by atoms with E-state index < -0.39 is 0 Å². The normalized spacial score (nSPS) is 11.4. The summed E-state index contributed by atoms with van der Waals surface area (Å²) in [7, 11) is 0. The molecular weight excluding hydrogens is 340 g/mol. The molecule has 6 heteroatoms. The van der Waals surface area contributed by atoms with Crippen molar-refractivity contribution in [1.82, 2.24) is 19.2 Å². The van der Waals surface area contributed by atoms with Crippen molar-refractivity contribution in [2.45, 2.75) is 40.8 Å². The molecule has 0 saturated heterocycles. The van der Waals surface area contributed by atoms with Crippen molar-refractivity contribution in [2.24, 2.45) is 0 Å². The Balaban J connectivity index is 1.84. The Labute approximate surface area is 157 Å². The first kappa shape index (κ1) is 17.3. The lowest BCUT2D eigenvalue weighted by Crippen LogP contribution is -2.22. The van der Waals surface area contributed by atoms with Gasteiger partial charge >= 0.3 is 0 Å². The van der Waals surface area contributed by atoms with Crippen molar-refractivity contribution in [2.75, 3.05) is 0 Å². The van der Waals surface area contributed by atoms with Crippen LogP contribution < -0.4 is 10.3 Å². The Morgan fingerprint density at radius 2 is 1.85 bits per heavy atom. The highest BCUT2D eigenvalue weighted by Crippen LogP contribution is 2.24. The van der Waals surface area contributed by atoms with Crippen LogP contribution in [0.15, 0.2) is 41.2 Å². The largest absolute Gasteiger partial charge is 0.485 e. The van der Waals surface area contributed by atoms with Gasteiger partial charge in [0.2, 0.25) is 5.78 Å². The number of para-hydroxylation sites is 1. The second-order valence-corrected chi connectivity index (χ2v) is 6.81. The molecule has 0 radical (unpaired) electrons. The van der Waals surface area contributed by atoms with E-state index in [9.17, 15) is 4.79 Å². The summed E-state index contributed by atoms with van der Waals surface area (Å²) in [5.74, 6) is 2.05. The SMILES string of the molecule is CCn1c(=O)c2ccccc2n2c(COc3cc(C)cc(C)c3C)nnc12. The Bertz CT molecular complexity index is 1220. The third kappa shape index (κ3) is 2.77. The number of aromatic nitrogens is 4. The van der Waals surface area contributed by atoms with E-state index in [0.717, 1.165) is 22.4 Å². The number of hydrogen-bond donors (Lipinski definition) is 0. The van der Waals surface area contributed by atoms with Gasteiger partial charge in [-0.2, -0.15) is 0 Å². The summed E-state index contributed by atoms with van der Waals surface area (Å²) in [5, 5.41) is 9.23. The van der Waals surface area contributed by atoms with Gasteiger partial charge in [0.05, 0.1) is 10.9 Å². The van der Waals surface area contributed by atoms with Crippen molar-refractivity contribution in [3.8, 4) is 5.75 Å². The number of nitrogens with zero attached hydrogens (tertiary/aromatic N) is 4. The molecule has 0 spiro atoms. The van der Waals surface area contributed by atoms with Crippen LogP contribution in [0.25, 0.3) is 16.7 Å². The number of ether oxygens (including phenoxy) is 1. The van der Waals surface area contributed by atoms with Crippen LogP contribution in [0.2, 0.25) is 0 Å². The number of rotatable bonds is 4. The topological polar surface area (TPSA) is 61.4 Å². The maximum Gasteiger partial charge on any atom is 0.262 e. The van der Waals surface area contributed by atoms with E-state index in [1.807, 2.05) is 41.7 Å². The number of fused-ring (bicyclic) bond motifs is 3. The lowest BCUT2D eigenvalue weighted by atomic mass is 10.1. The molecule has 0 unspecified atom stereocenters. The maximum atomic E-state index is 12.7. The highest BCUT2D eigenvalue weighted by Gasteiger charge is 2.16. The molecule has 2 aromatic heterocycles. The Hall–Kier alpha value is -3.15. The Morgan fingerprint density at radius 3 is 2.63 bits per heavy atom. The van der Waals surface area contributed by atoms with E-state index >= 15 is 0 Å². The van der Waals surface area contributed by atoms with Crippen molar-refractivity contribution in [1.29, 1.82) is 0 Å². The fourth-order valence-corrected chi connectivity index (χ4v) is 3.49. The van der Waals surface area contributed by atoms with E-state index in [-0.39, 0.29) is 12.2 Å². The van der Waals surface area contributed by atoms with Crippen molar-refractivity contribution in [3.63, 3.8) is 0 Å². The smallest absolute Gasteiger partial charge is 0.262 e. The molecule has 138 valence electrons. The first-order chi connectivity index (χ1) is 13.0. The van der Waals surface area contributed by atoms with E-state index in [0.29, 0.717) is 23.5 Å². The zero-order valence-corrected chi connectivity index (χ0v) is 16.0. The molecule has 0 aliphatic rings. The molecule has 0 fully saturated rings. The van der Waals surface area contributed by atoms with Gasteiger partial charge in [-0.3, -0.25) is 13.8 Å². The first-order valence-corrected chi connectivity index (χ1v) is 9.07. The summed E-state index contributed by atoms with van der Waals surface area (Å²) >= 11 is 0. The van der Waals surface area contributed by atoms with Crippen LogP contribution >= 0.6 is 0 Å². The summed E-state index contributed by atoms with van der Waals surface area (Å²) < 4.78 is 9.65. The van der Waals surface area contributed by atoms with E-state index in [2.05, 4.69) is 37.0 Å². The molecule has 27 heavy (non-hydrogen) atoms. The molecule has 4 aromatic rings. The van der Waals surface area contributed by atoms with Crippen molar-refractivity contribution >= 4 is 16.7 Å². The zero-order valence-electron chi connectivity index (χ0n) is 16.0. The molecule has 0 N–H and O–H groups in total. The van der Waals surface area contributed by atoms with Crippen LogP contribution in [-0.2, 0) is 13.2 Å². The minimum Gasteiger partial charge on any atom is -0.485 e. The van der Waals surface area contributed by atoms with Crippen LogP contribution in [0.5, 0.6) is 5.75 Å². The molecule has 2 heterocycles. The van der Waals surface area contributed by atoms with Gasteiger partial charge in [-0.1, -0.05) is 18.2 Å². The molecule has 2 aromatic carbocycles. The second-order valence-electron chi connectivity index (χ2n) is 6.81. The number of aryl methyl sites for hydroxylation is 3. The summed E-state index contributed by atoms with van der Waals surface area (Å²) in [6.07, 6.45) is 0. The number of hydrogen-bond acceptors (Lipinski definition) is 4. The van der Waals surface area contributed by atoms with Gasteiger partial charge in [-0.05, 0) is 62.6 Å². The average molecular weight is 362 g/mol. The van der Waals surface area contributed by atoms with E-state index in [1.165, 1.54) is 5.56 Å². The second kappa shape index (κ2) is 6.54. The highest BCUT2D eigenvalue weighted by atomic mass is 16.5. The van der Waals surface area contributed by atoms with Gasteiger partial charge in [-0.15, -0.1) is 10.2 Å². The Kier molecular flexibility index (Phi) is 4.18. The van der Waals surface area contributed by atoms with Gasteiger partial charge in [-0.25, -0.2) is 0 Å². The molecular formula is C21H22N4O2. The first-order valence-electron chi connectivity index (χ1n) is 9.07. The monoisotopic (exact) mass is 362 g/mol. The molecule has 0 aliphatic carbocycles. The van der Waals surface area contributed by atoms with Gasteiger partial charge < -0.3 is 4.74 Å². The van der Waals surface area contributed by atoms with Crippen LogP contribution in [0.3, 0.4) is 0 Å². The fourth-order valence-electron chi connectivity index (χ4n) is 3.49. The maximum absolute atomic E-state index is 12.7. The quantitative estimate of drug-likeness (QED) is 0.557. The molecule has 0 aliphatic heterocycles. The van der Waals surface area contributed by atoms with Crippen LogP contribution in [0.4, 0.5) is 0 Å². The van der Waals surface area contributed by atoms with Crippen LogP contribution in [0, 0.1) is 20.8 Å². The molecule has 0 amide bonds. The lowest BCUT2D eigenvalue weighted by molar-refractivity contribution is 0.292. The summed E-state index contributed by atoms with van der Waals surface area (Å²) in [4.78, 5) is 12.7. The third-order valence-electron chi connectivity index (χ3n) is 5.01. The third-order valence-corrected chi connectivity index (χ3v) is 5.01. The molecule has 0 bridgehead atoms. The van der Waals surface area contributed by atoms with Crippen LogP contribution in [0.1, 0.15) is 29.4 Å². The standard InChI is InChI=1S/C21H22N4O2/c1-5-24-20(26)16-8-6-7-9-17(16)25-19(22-23-21(24)25)12-27-18-11-13(2)10-14(3)15(18)4/h6-11H,5,12H2,1-4H3. The lowest BCUT2D eigenvalue weighted by Gasteiger charge is -2.13. The minimum atomic E-state index is -0.0504. The predicted molar refractivity (Wildman–Crippen MR) is 105 cm³/mol. The van der Waals surface area contributed by atoms with E-state index in [4.69, 9.17) is 4.74 Å². The predicted octanol–water partition coefficient (Wildman–Crippen LogP) is 3.57. The van der Waals surface area contributed by atoms with Gasteiger partial charge in [0.15, 0.2) is 5.82 Å². The van der Waals surface area contributed by atoms with Crippen molar-refractivity contribution < 1.29 is 4.74 Å². The van der Waals surface area contributed by atoms with Crippen LogP contribution in [-0.4, -0.2) is 19.2 Å². The summed E-state index contributed by atoms with van der Waals surface area (Å²) in [6, 6.07) is 11.7. The average Bonchev–Trinajstić information content (AvgIpc) is 3.08. The summed E-state index contributed by atoms with van der Waals surface area (Å²) in [6.45, 7) is 8.92. The zero-order chi connectivity index (χ0) is 19.1. The van der Waals surface area contributed by atoms with Gasteiger partial charge in [0, 0.05) is 6.54 Å². The van der Waals surface area contributed by atoms with Gasteiger partial charge in [0.1, 0.15) is 12.4 Å². The fraction of sp³-hybridized carbons (Fsp3) is 0.286. The molecule has 0 atom stereocenters. The molecule has 6 nitrogen and oxygen atoms in total. The highest BCUT2D eigenvalue weighted by molar-refractivity contribution is 5.80. The Morgan fingerprint density at radius 1 is 1.07 bits per heavy atom. The number of benzene rings is 2. The molecule has 0 saturated carbocycles. The van der Waals surface area contributed by atoms with E-state index in [1.54, 1.807) is 4.57 Å². The van der Waals surface area contributed by atoms with Crippen molar-refractivity contribution in [3.05, 3.63) is 69.3 Å².